The minimum Gasteiger partial charge on any atom is -0.374 e. The Morgan fingerprint density at radius 1 is 1.24 bits per heavy atom. The number of rotatable bonds is 4. The molecule has 1 spiro atoms. The van der Waals surface area contributed by atoms with Gasteiger partial charge in [0.05, 0.1) is 35.3 Å². The Labute approximate surface area is 225 Å². The number of nitrogens with zero attached hydrogens (tertiary/aromatic N) is 2. The minimum atomic E-state index is -4.90. The van der Waals surface area contributed by atoms with E-state index in [1.54, 1.807) is 18.2 Å². The number of carbonyl (C=O) groups excluding carboxylic acids is 1. The normalized spacial score (nSPS) is 28.6. The summed E-state index contributed by atoms with van der Waals surface area (Å²) in [7, 11) is -3.47. The number of oxime groups is 1. The van der Waals surface area contributed by atoms with E-state index in [0.29, 0.717) is 11.1 Å². The maximum atomic E-state index is 14.4. The van der Waals surface area contributed by atoms with Crippen LogP contribution in [0, 0.1) is 0 Å². The van der Waals surface area contributed by atoms with E-state index in [1.807, 2.05) is 0 Å². The molecule has 1 amide bonds. The van der Waals surface area contributed by atoms with Crippen molar-refractivity contribution >= 4 is 44.7 Å². The summed E-state index contributed by atoms with van der Waals surface area (Å²) in [6.45, 7) is 1.74. The zero-order valence-corrected chi connectivity index (χ0v) is 22.5. The van der Waals surface area contributed by atoms with Crippen LogP contribution in [0.5, 0.6) is 0 Å². The van der Waals surface area contributed by atoms with Gasteiger partial charge in [-0.3, -0.25) is 4.79 Å². The molecule has 14 heteroatoms. The van der Waals surface area contributed by atoms with Crippen LogP contribution < -0.4 is 0 Å². The number of fused-ring (bicyclic) bond motifs is 2. The average Bonchev–Trinajstić information content (AvgIpc) is 3.37. The zero-order valence-electron chi connectivity index (χ0n) is 20.2. The highest BCUT2D eigenvalue weighted by Crippen LogP contribution is 2.53. The molecular formula is C24H22Cl2F4N2O5S. The molecular weight excluding hydrogens is 575 g/mol. The molecule has 1 aromatic carbocycles. The lowest BCUT2D eigenvalue weighted by Crippen LogP contribution is -2.62. The van der Waals surface area contributed by atoms with E-state index in [2.05, 4.69) is 5.16 Å². The molecule has 206 valence electrons. The van der Waals surface area contributed by atoms with Crippen molar-refractivity contribution in [2.75, 3.05) is 25.1 Å². The maximum absolute atomic E-state index is 14.4. The van der Waals surface area contributed by atoms with Crippen LogP contribution in [0.3, 0.4) is 0 Å². The maximum Gasteiger partial charge on any atom is 0.435 e. The highest BCUT2D eigenvalue weighted by Gasteiger charge is 2.64. The first-order chi connectivity index (χ1) is 17.5. The van der Waals surface area contributed by atoms with Gasteiger partial charge in [-0.2, -0.15) is 13.2 Å². The first kappa shape index (κ1) is 27.4. The van der Waals surface area contributed by atoms with E-state index >= 15 is 0 Å². The number of sulfone groups is 1. The lowest BCUT2D eigenvalue weighted by Gasteiger charge is -2.47. The third-order valence-electron chi connectivity index (χ3n) is 7.26. The second-order valence-electron chi connectivity index (χ2n) is 10.3. The first-order valence-corrected chi connectivity index (χ1v) is 14.3. The lowest BCUT2D eigenvalue weighted by atomic mass is 9.78. The third-order valence-corrected chi connectivity index (χ3v) is 8.61. The van der Waals surface area contributed by atoms with Crippen molar-refractivity contribution in [2.45, 2.75) is 48.6 Å². The van der Waals surface area contributed by atoms with E-state index in [1.165, 1.54) is 11.8 Å². The highest BCUT2D eigenvalue weighted by molar-refractivity contribution is 7.91. The number of halogens is 6. The van der Waals surface area contributed by atoms with E-state index in [0.717, 1.165) is 17.9 Å². The van der Waals surface area contributed by atoms with Gasteiger partial charge in [0.15, 0.2) is 9.84 Å². The van der Waals surface area contributed by atoms with Gasteiger partial charge in [0.1, 0.15) is 17.2 Å². The SMILES string of the molecule is CC1(Cl)CC([C@]2(C(F)(F)F)CC(c3ccc4c(c3)COC43CN(C(=O)CS(C)(=O)=O)C3)=NO2)=CC(Cl)=C1F. The van der Waals surface area contributed by atoms with E-state index < -0.39 is 67.5 Å². The van der Waals surface area contributed by atoms with Crippen molar-refractivity contribution in [1.29, 1.82) is 0 Å². The fourth-order valence-electron chi connectivity index (χ4n) is 5.26. The van der Waals surface area contributed by atoms with Gasteiger partial charge in [-0.05, 0) is 47.8 Å². The Morgan fingerprint density at radius 2 is 1.92 bits per heavy atom. The number of hydrogen-bond acceptors (Lipinski definition) is 6. The van der Waals surface area contributed by atoms with Crippen molar-refractivity contribution in [1.82, 2.24) is 4.90 Å². The number of amides is 1. The molecule has 1 aromatic rings. The molecule has 0 aromatic heterocycles. The molecule has 0 saturated carbocycles. The lowest BCUT2D eigenvalue weighted by molar-refractivity contribution is -0.254. The predicted octanol–water partition coefficient (Wildman–Crippen LogP) is 4.47. The zero-order chi connectivity index (χ0) is 27.9. The molecule has 1 unspecified atom stereocenters. The fraction of sp³-hybridized carbons (Fsp3) is 0.500. The minimum absolute atomic E-state index is 0.0352. The van der Waals surface area contributed by atoms with Gasteiger partial charge in [-0.15, -0.1) is 11.6 Å². The van der Waals surface area contributed by atoms with E-state index in [-0.39, 0.29) is 31.0 Å². The van der Waals surface area contributed by atoms with Crippen LogP contribution >= 0.6 is 23.2 Å². The fourth-order valence-corrected chi connectivity index (χ4v) is 6.53. The average molecular weight is 597 g/mol. The molecule has 5 rings (SSSR count). The van der Waals surface area contributed by atoms with Crippen LogP contribution in [-0.2, 0) is 36.4 Å². The molecule has 2 atom stereocenters. The van der Waals surface area contributed by atoms with Gasteiger partial charge in [-0.25, -0.2) is 12.8 Å². The molecule has 38 heavy (non-hydrogen) atoms. The van der Waals surface area contributed by atoms with Gasteiger partial charge >= 0.3 is 6.18 Å². The quantitative estimate of drug-likeness (QED) is 0.378. The van der Waals surface area contributed by atoms with Crippen molar-refractivity contribution in [2.24, 2.45) is 5.16 Å². The summed E-state index contributed by atoms with van der Waals surface area (Å²) < 4.78 is 86.4. The van der Waals surface area contributed by atoms with Crippen molar-refractivity contribution in [3.63, 3.8) is 0 Å². The molecule has 0 N–H and O–H groups in total. The number of allylic oxidation sites excluding steroid dienone is 3. The van der Waals surface area contributed by atoms with Crippen LogP contribution in [0.15, 0.2) is 45.9 Å². The summed E-state index contributed by atoms with van der Waals surface area (Å²) in [6, 6.07) is 4.96. The topological polar surface area (TPSA) is 85.3 Å². The number of carbonyl (C=O) groups is 1. The van der Waals surface area contributed by atoms with E-state index in [9.17, 15) is 30.8 Å². The largest absolute Gasteiger partial charge is 0.435 e. The first-order valence-electron chi connectivity index (χ1n) is 11.5. The van der Waals surface area contributed by atoms with Crippen LogP contribution in [0.4, 0.5) is 17.6 Å². The Kier molecular flexibility index (Phi) is 6.26. The molecule has 0 bridgehead atoms. The van der Waals surface area contributed by atoms with Crippen LogP contribution in [-0.4, -0.2) is 66.7 Å². The smallest absolute Gasteiger partial charge is 0.374 e. The van der Waals surface area contributed by atoms with Gasteiger partial charge in [-0.1, -0.05) is 28.9 Å². The summed E-state index contributed by atoms with van der Waals surface area (Å²) in [5.74, 6) is -2.03. The molecule has 1 aliphatic carbocycles. The van der Waals surface area contributed by atoms with Crippen LogP contribution in [0.2, 0.25) is 0 Å². The van der Waals surface area contributed by atoms with Gasteiger partial charge in [0, 0.05) is 12.7 Å². The van der Waals surface area contributed by atoms with Gasteiger partial charge in [0.2, 0.25) is 5.91 Å². The summed E-state index contributed by atoms with van der Waals surface area (Å²) in [5, 5.41) is 3.25. The monoisotopic (exact) mass is 596 g/mol. The third kappa shape index (κ3) is 4.43. The van der Waals surface area contributed by atoms with Crippen LogP contribution in [0.25, 0.3) is 0 Å². The molecule has 1 saturated heterocycles. The number of alkyl halides is 4. The highest BCUT2D eigenvalue weighted by atomic mass is 35.5. The molecule has 3 aliphatic heterocycles. The Hall–Kier alpha value is -2.15. The molecule has 1 fully saturated rings. The molecule has 0 radical (unpaired) electrons. The van der Waals surface area contributed by atoms with Crippen LogP contribution in [0.1, 0.15) is 36.5 Å². The second kappa shape index (κ2) is 8.67. The Balaban J connectivity index is 1.37. The van der Waals surface area contributed by atoms with Crippen molar-refractivity contribution < 1.29 is 40.3 Å². The second-order valence-corrected chi connectivity index (χ2v) is 13.7. The summed E-state index contributed by atoms with van der Waals surface area (Å²) in [5.41, 5.74) is -2.08. The number of hydrogen-bond donors (Lipinski definition) is 0. The van der Waals surface area contributed by atoms with Gasteiger partial charge in [0.25, 0.3) is 5.60 Å². The number of likely N-dealkylation sites (tertiary alicyclic amines) is 1. The number of benzene rings is 1. The summed E-state index contributed by atoms with van der Waals surface area (Å²) in [6.07, 6.45) is -4.16. The predicted molar refractivity (Wildman–Crippen MR) is 131 cm³/mol. The number of ether oxygens (including phenoxy) is 1. The Bertz CT molecular complexity index is 1430. The molecule has 7 nitrogen and oxygen atoms in total. The summed E-state index contributed by atoms with van der Waals surface area (Å²) >= 11 is 12.0. The molecule has 4 aliphatic rings. The van der Waals surface area contributed by atoms with Crippen molar-refractivity contribution in [3.8, 4) is 0 Å². The molecule has 3 heterocycles. The van der Waals surface area contributed by atoms with Crippen molar-refractivity contribution in [3.05, 3.63) is 57.4 Å². The Morgan fingerprint density at radius 3 is 2.53 bits per heavy atom. The van der Waals surface area contributed by atoms with E-state index in [4.69, 9.17) is 32.8 Å². The summed E-state index contributed by atoms with van der Waals surface area (Å²) in [4.78, 5) is 16.9. The van der Waals surface area contributed by atoms with Gasteiger partial charge < -0.3 is 14.5 Å². The standard InChI is InChI=1S/C24H22Cl2F4N2O5S/c1-21(26)7-15(6-17(25)20(21)27)23(24(28,29)30)8-18(31-37-23)13-3-4-16-14(5-13)9-36-22(16)11-32(12-22)19(33)10-38(2,34)35/h3-6H,7-12H2,1-2H3/t21?,23-/m0/s1.